The summed E-state index contributed by atoms with van der Waals surface area (Å²) in [5, 5.41) is 6.88. The van der Waals surface area contributed by atoms with Crippen molar-refractivity contribution in [3.05, 3.63) is 92.2 Å². The van der Waals surface area contributed by atoms with Crippen molar-refractivity contribution in [2.24, 2.45) is 0 Å². The summed E-state index contributed by atoms with van der Waals surface area (Å²) < 4.78 is 26.5. The Hall–Kier alpha value is -4.25. The van der Waals surface area contributed by atoms with Gasteiger partial charge in [-0.25, -0.2) is 18.5 Å². The molecule has 10 nitrogen and oxygen atoms in total. The highest BCUT2D eigenvalue weighted by atomic mass is 35.5. The maximum Gasteiger partial charge on any atom is 0.355 e. The second kappa shape index (κ2) is 10.3. The third kappa shape index (κ3) is 5.64. The van der Waals surface area contributed by atoms with Crippen LogP contribution in [-0.4, -0.2) is 25.1 Å². The number of hydrogen-bond acceptors (Lipinski definition) is 8. The molecule has 0 aliphatic heterocycles. The van der Waals surface area contributed by atoms with E-state index in [-0.39, 0.29) is 42.0 Å². The van der Waals surface area contributed by atoms with E-state index in [0.717, 1.165) is 10.6 Å². The Balaban J connectivity index is 1.70. The standard InChI is InChI=1S/C23H19ClFN5O5/c1-2-17(31)13-30-22(32)27-21(29(23(30)33)12-14-3-5-15(24)6-4-14)26-16-7-8-19(18(25)11-16)35-20-9-10-34-28-20/h3-11H,2,12-13H2,1H3,(H,26,27,32). The van der Waals surface area contributed by atoms with E-state index in [1.165, 1.54) is 29.0 Å². The zero-order chi connectivity index (χ0) is 24.9. The number of nitrogens with one attached hydrogen (secondary N) is 1. The fourth-order valence-corrected chi connectivity index (χ4v) is 3.25. The van der Waals surface area contributed by atoms with Crippen molar-refractivity contribution in [1.82, 2.24) is 19.3 Å². The third-order valence-electron chi connectivity index (χ3n) is 4.95. The molecule has 0 fully saturated rings. The van der Waals surface area contributed by atoms with Gasteiger partial charge in [-0.15, -0.1) is 0 Å². The van der Waals surface area contributed by atoms with Crippen LogP contribution in [0.4, 0.5) is 16.0 Å². The number of anilines is 2. The fraction of sp³-hybridized carbons (Fsp3) is 0.174. The van der Waals surface area contributed by atoms with Gasteiger partial charge in [-0.05, 0) is 35.0 Å². The minimum atomic E-state index is -0.905. The number of Topliss-reactive ketones (excluding diaryl/α,β-unsaturated/α-hetero) is 1. The summed E-state index contributed by atoms with van der Waals surface area (Å²) >= 11 is 5.94. The molecule has 35 heavy (non-hydrogen) atoms. The molecule has 0 aliphatic carbocycles. The molecule has 0 amide bonds. The van der Waals surface area contributed by atoms with Crippen molar-refractivity contribution in [2.45, 2.75) is 26.4 Å². The minimum Gasteiger partial charge on any atom is -0.433 e. The molecular weight excluding hydrogens is 481 g/mol. The number of carbonyl (C=O) groups is 1. The van der Waals surface area contributed by atoms with E-state index in [2.05, 4.69) is 20.0 Å². The van der Waals surface area contributed by atoms with Gasteiger partial charge in [0.15, 0.2) is 17.3 Å². The Morgan fingerprint density at radius 2 is 1.91 bits per heavy atom. The molecular formula is C23H19ClFN5O5. The number of halogens is 2. The Morgan fingerprint density at radius 1 is 1.14 bits per heavy atom. The van der Waals surface area contributed by atoms with Crippen LogP contribution < -0.4 is 21.4 Å². The van der Waals surface area contributed by atoms with Crippen molar-refractivity contribution in [3.63, 3.8) is 0 Å². The van der Waals surface area contributed by atoms with Gasteiger partial charge >= 0.3 is 11.4 Å². The second-order valence-electron chi connectivity index (χ2n) is 7.40. The first-order chi connectivity index (χ1) is 16.8. The highest BCUT2D eigenvalue weighted by Gasteiger charge is 2.17. The maximum absolute atomic E-state index is 14.6. The van der Waals surface area contributed by atoms with E-state index in [9.17, 15) is 18.8 Å². The van der Waals surface area contributed by atoms with Gasteiger partial charge < -0.3 is 14.6 Å². The largest absolute Gasteiger partial charge is 0.433 e. The van der Waals surface area contributed by atoms with Crippen LogP contribution in [-0.2, 0) is 17.9 Å². The number of hydrogen-bond donors (Lipinski definition) is 1. The van der Waals surface area contributed by atoms with E-state index < -0.39 is 23.7 Å². The summed E-state index contributed by atoms with van der Waals surface area (Å²) in [6, 6.07) is 12.1. The van der Waals surface area contributed by atoms with Crippen LogP contribution in [0.3, 0.4) is 0 Å². The minimum absolute atomic E-state index is 0.0156. The van der Waals surface area contributed by atoms with Gasteiger partial charge in [-0.3, -0.25) is 9.36 Å². The molecule has 0 unspecified atom stereocenters. The molecule has 2 aromatic carbocycles. The van der Waals surface area contributed by atoms with E-state index in [0.29, 0.717) is 10.6 Å². The molecule has 180 valence electrons. The summed E-state index contributed by atoms with van der Waals surface area (Å²) in [5.74, 6) is -1.18. The number of benzene rings is 2. The monoisotopic (exact) mass is 499 g/mol. The van der Waals surface area contributed by atoms with Gasteiger partial charge in [-0.1, -0.05) is 30.7 Å². The molecule has 0 bridgehead atoms. The number of ether oxygens (including phenoxy) is 1. The average molecular weight is 500 g/mol. The zero-order valence-electron chi connectivity index (χ0n) is 18.4. The molecule has 2 aromatic heterocycles. The van der Waals surface area contributed by atoms with Gasteiger partial charge in [-0.2, -0.15) is 4.98 Å². The highest BCUT2D eigenvalue weighted by molar-refractivity contribution is 6.30. The number of carbonyl (C=O) groups excluding carboxylic acids is 1. The summed E-state index contributed by atoms with van der Waals surface area (Å²) in [5.41, 5.74) is -0.752. The molecule has 0 saturated heterocycles. The topological polar surface area (TPSA) is 121 Å². The lowest BCUT2D eigenvalue weighted by Crippen LogP contribution is -2.44. The van der Waals surface area contributed by atoms with Crippen LogP contribution >= 0.6 is 11.6 Å². The first-order valence-electron chi connectivity index (χ1n) is 10.5. The van der Waals surface area contributed by atoms with E-state index in [1.54, 1.807) is 31.2 Å². The predicted molar refractivity (Wildman–Crippen MR) is 125 cm³/mol. The normalized spacial score (nSPS) is 10.8. The van der Waals surface area contributed by atoms with Gasteiger partial charge in [0, 0.05) is 29.3 Å². The summed E-state index contributed by atoms with van der Waals surface area (Å²) in [4.78, 5) is 41.6. The molecule has 0 saturated carbocycles. The van der Waals surface area contributed by atoms with Crippen molar-refractivity contribution in [3.8, 4) is 11.6 Å². The van der Waals surface area contributed by atoms with Crippen LogP contribution in [0.2, 0.25) is 5.02 Å². The van der Waals surface area contributed by atoms with Gasteiger partial charge in [0.2, 0.25) is 5.95 Å². The van der Waals surface area contributed by atoms with Crippen molar-refractivity contribution < 1.29 is 18.4 Å². The molecule has 0 atom stereocenters. The van der Waals surface area contributed by atoms with Crippen LogP contribution in [0.1, 0.15) is 18.9 Å². The van der Waals surface area contributed by atoms with Crippen molar-refractivity contribution >= 4 is 29.0 Å². The van der Waals surface area contributed by atoms with E-state index >= 15 is 0 Å². The lowest BCUT2D eigenvalue weighted by molar-refractivity contribution is -0.119. The lowest BCUT2D eigenvalue weighted by atomic mass is 10.2. The molecule has 0 aliphatic rings. The van der Waals surface area contributed by atoms with Gasteiger partial charge in [0.1, 0.15) is 6.26 Å². The number of ketones is 1. The Kier molecular flexibility index (Phi) is 7.06. The van der Waals surface area contributed by atoms with Crippen LogP contribution in [0.15, 0.2) is 68.9 Å². The molecule has 0 radical (unpaired) electrons. The number of nitrogens with zero attached hydrogens (tertiary/aromatic N) is 4. The smallest absolute Gasteiger partial charge is 0.355 e. The number of rotatable bonds is 9. The Morgan fingerprint density at radius 3 is 2.57 bits per heavy atom. The maximum atomic E-state index is 14.6. The van der Waals surface area contributed by atoms with Gasteiger partial charge in [0.25, 0.3) is 5.88 Å². The van der Waals surface area contributed by atoms with Gasteiger partial charge in [0.05, 0.1) is 13.1 Å². The molecule has 2 heterocycles. The first-order valence-corrected chi connectivity index (χ1v) is 10.8. The molecule has 12 heteroatoms. The molecule has 0 spiro atoms. The van der Waals surface area contributed by atoms with Crippen molar-refractivity contribution in [1.29, 1.82) is 0 Å². The molecule has 4 aromatic rings. The third-order valence-corrected chi connectivity index (χ3v) is 5.20. The van der Waals surface area contributed by atoms with E-state index in [4.69, 9.17) is 16.3 Å². The predicted octanol–water partition coefficient (Wildman–Crippen LogP) is 3.75. The summed E-state index contributed by atoms with van der Waals surface area (Å²) in [6.45, 7) is 1.25. The molecule has 1 N–H and O–H groups in total. The quantitative estimate of drug-likeness (QED) is 0.369. The first kappa shape index (κ1) is 23.9. The van der Waals surface area contributed by atoms with Crippen LogP contribution in [0.25, 0.3) is 0 Å². The number of aromatic nitrogens is 4. The zero-order valence-corrected chi connectivity index (χ0v) is 19.2. The fourth-order valence-electron chi connectivity index (χ4n) is 3.12. The average Bonchev–Trinajstić information content (AvgIpc) is 3.35. The van der Waals surface area contributed by atoms with E-state index in [1.807, 2.05) is 0 Å². The summed E-state index contributed by atoms with van der Waals surface area (Å²) in [6.07, 6.45) is 1.44. The SMILES string of the molecule is CCC(=O)Cn1c(=O)nc(Nc2ccc(Oc3ccon3)c(F)c2)n(Cc2ccc(Cl)cc2)c1=O. The lowest BCUT2D eigenvalue weighted by Gasteiger charge is -2.16. The highest BCUT2D eigenvalue weighted by Crippen LogP contribution is 2.26. The summed E-state index contributed by atoms with van der Waals surface area (Å²) in [7, 11) is 0. The van der Waals surface area contributed by atoms with Crippen LogP contribution in [0.5, 0.6) is 11.6 Å². The van der Waals surface area contributed by atoms with Crippen molar-refractivity contribution in [2.75, 3.05) is 5.32 Å². The Bertz CT molecular complexity index is 1470. The second-order valence-corrected chi connectivity index (χ2v) is 7.84. The van der Waals surface area contributed by atoms with Crippen LogP contribution in [0, 0.1) is 5.82 Å². The Labute approximate surface area is 202 Å². The molecule has 4 rings (SSSR count).